The Kier molecular flexibility index (Phi) is 5.68. The Labute approximate surface area is 124 Å². The van der Waals surface area contributed by atoms with E-state index in [-0.39, 0.29) is 24.5 Å². The Morgan fingerprint density at radius 1 is 1.10 bits per heavy atom. The van der Waals surface area contributed by atoms with Gasteiger partial charge in [0, 0.05) is 6.61 Å². The summed E-state index contributed by atoms with van der Waals surface area (Å²) in [5.41, 5.74) is 0.158. The van der Waals surface area contributed by atoms with Crippen molar-refractivity contribution in [2.45, 2.75) is 45.4 Å². The second kappa shape index (κ2) is 7.30. The Hall–Kier alpha value is -1.03. The highest BCUT2D eigenvalue weighted by Gasteiger charge is 2.28. The van der Waals surface area contributed by atoms with Crippen molar-refractivity contribution in [1.82, 2.24) is 0 Å². The molecule has 1 aliphatic rings. The molecule has 0 aliphatic heterocycles. The van der Waals surface area contributed by atoms with Gasteiger partial charge in [0.25, 0.3) is 0 Å². The third-order valence-corrected chi connectivity index (χ3v) is 4.97. The summed E-state index contributed by atoms with van der Waals surface area (Å²) >= 11 is 0. The van der Waals surface area contributed by atoms with Gasteiger partial charge in [-0.3, -0.25) is 0 Å². The number of hydrogen-bond acceptors (Lipinski definition) is 1. The number of aliphatic hydroxyl groups excluding tert-OH is 1. The molecular formula is C17H23F3O. The first-order valence-corrected chi connectivity index (χ1v) is 7.80. The Morgan fingerprint density at radius 2 is 1.76 bits per heavy atom. The van der Waals surface area contributed by atoms with Crippen LogP contribution in [-0.2, 0) is 6.42 Å². The van der Waals surface area contributed by atoms with Gasteiger partial charge in [-0.05, 0) is 48.6 Å². The van der Waals surface area contributed by atoms with Gasteiger partial charge < -0.3 is 5.11 Å². The van der Waals surface area contributed by atoms with Crippen LogP contribution in [0.1, 0.15) is 44.6 Å². The van der Waals surface area contributed by atoms with Gasteiger partial charge in [-0.2, -0.15) is 0 Å². The van der Waals surface area contributed by atoms with Crippen molar-refractivity contribution in [3.05, 3.63) is 35.1 Å². The first-order chi connectivity index (χ1) is 10.1. The number of rotatable bonds is 5. The fourth-order valence-electron chi connectivity index (χ4n) is 3.45. The molecule has 1 N–H and O–H groups in total. The van der Waals surface area contributed by atoms with Crippen molar-refractivity contribution in [2.24, 2.45) is 17.8 Å². The first kappa shape index (κ1) is 16.3. The van der Waals surface area contributed by atoms with Gasteiger partial charge in [0.05, 0.1) is 0 Å². The van der Waals surface area contributed by atoms with Crippen molar-refractivity contribution < 1.29 is 18.3 Å². The molecule has 4 heteroatoms. The average molecular weight is 300 g/mol. The molecule has 1 aromatic carbocycles. The highest BCUT2D eigenvalue weighted by molar-refractivity contribution is 5.21. The van der Waals surface area contributed by atoms with Crippen molar-refractivity contribution >= 4 is 0 Å². The van der Waals surface area contributed by atoms with Gasteiger partial charge in [-0.15, -0.1) is 0 Å². The maximum absolute atomic E-state index is 13.7. The summed E-state index contributed by atoms with van der Waals surface area (Å²) in [6.45, 7) is 2.14. The summed E-state index contributed by atoms with van der Waals surface area (Å²) in [7, 11) is 0. The van der Waals surface area contributed by atoms with Gasteiger partial charge in [-0.25, -0.2) is 13.2 Å². The SMILES string of the molecule is CCC1CCC(C(CO)Cc2ccc(F)c(F)c2F)CC1. The van der Waals surface area contributed by atoms with Crippen molar-refractivity contribution in [3.63, 3.8) is 0 Å². The van der Waals surface area contributed by atoms with Gasteiger partial charge in [0.15, 0.2) is 17.5 Å². The van der Waals surface area contributed by atoms with E-state index in [1.165, 1.54) is 12.5 Å². The number of hydrogen-bond donors (Lipinski definition) is 1. The van der Waals surface area contributed by atoms with Gasteiger partial charge in [0.1, 0.15) is 0 Å². The van der Waals surface area contributed by atoms with Crippen LogP contribution in [0.4, 0.5) is 13.2 Å². The molecule has 0 spiro atoms. The van der Waals surface area contributed by atoms with Gasteiger partial charge in [-0.1, -0.05) is 32.3 Å². The monoisotopic (exact) mass is 300 g/mol. The number of aliphatic hydroxyl groups is 1. The molecule has 1 aliphatic carbocycles. The van der Waals surface area contributed by atoms with Crippen LogP contribution in [0.25, 0.3) is 0 Å². The third-order valence-electron chi connectivity index (χ3n) is 4.97. The first-order valence-electron chi connectivity index (χ1n) is 7.80. The van der Waals surface area contributed by atoms with E-state index >= 15 is 0 Å². The van der Waals surface area contributed by atoms with E-state index in [4.69, 9.17) is 0 Å². The molecular weight excluding hydrogens is 277 g/mol. The van der Waals surface area contributed by atoms with E-state index in [0.717, 1.165) is 37.7 Å². The molecule has 0 saturated heterocycles. The second-order valence-electron chi connectivity index (χ2n) is 6.17. The highest BCUT2D eigenvalue weighted by atomic mass is 19.2. The lowest BCUT2D eigenvalue weighted by Gasteiger charge is -2.33. The molecule has 1 nitrogen and oxygen atoms in total. The molecule has 118 valence electrons. The molecule has 1 atom stereocenters. The van der Waals surface area contributed by atoms with E-state index in [1.807, 2.05) is 0 Å². The lowest BCUT2D eigenvalue weighted by molar-refractivity contribution is 0.129. The zero-order valence-corrected chi connectivity index (χ0v) is 12.4. The van der Waals surface area contributed by atoms with E-state index in [1.54, 1.807) is 0 Å². The number of benzene rings is 1. The van der Waals surface area contributed by atoms with E-state index in [0.29, 0.717) is 5.92 Å². The van der Waals surface area contributed by atoms with Crippen molar-refractivity contribution in [2.75, 3.05) is 6.61 Å². The predicted molar refractivity (Wildman–Crippen MR) is 76.3 cm³/mol. The highest BCUT2D eigenvalue weighted by Crippen LogP contribution is 2.36. The van der Waals surface area contributed by atoms with Gasteiger partial charge in [0.2, 0.25) is 0 Å². The van der Waals surface area contributed by atoms with Crippen LogP contribution in [0.2, 0.25) is 0 Å². The molecule has 0 heterocycles. The van der Waals surface area contributed by atoms with Crippen molar-refractivity contribution in [3.8, 4) is 0 Å². The summed E-state index contributed by atoms with van der Waals surface area (Å²) < 4.78 is 40.0. The minimum Gasteiger partial charge on any atom is -0.396 e. The van der Waals surface area contributed by atoms with Crippen LogP contribution in [0.5, 0.6) is 0 Å². The maximum atomic E-state index is 13.7. The summed E-state index contributed by atoms with van der Waals surface area (Å²) in [5, 5.41) is 9.59. The molecule has 21 heavy (non-hydrogen) atoms. The molecule has 0 aromatic heterocycles. The molecule has 0 amide bonds. The minimum atomic E-state index is -1.42. The quantitative estimate of drug-likeness (QED) is 0.795. The zero-order valence-electron chi connectivity index (χ0n) is 12.4. The van der Waals surface area contributed by atoms with Crippen molar-refractivity contribution in [1.29, 1.82) is 0 Å². The minimum absolute atomic E-state index is 0.0418. The molecule has 0 radical (unpaired) electrons. The zero-order chi connectivity index (χ0) is 15.4. The largest absolute Gasteiger partial charge is 0.396 e. The Morgan fingerprint density at radius 3 is 2.33 bits per heavy atom. The Bertz CT molecular complexity index is 467. The molecule has 2 rings (SSSR count). The fraction of sp³-hybridized carbons (Fsp3) is 0.647. The standard InChI is InChI=1S/C17H23F3O/c1-2-11-3-5-12(6-4-11)14(10-21)9-13-7-8-15(18)17(20)16(13)19/h7-8,11-12,14,21H,2-6,9-10H2,1H3. The summed E-state index contributed by atoms with van der Waals surface area (Å²) in [5.74, 6) is -2.69. The average Bonchev–Trinajstić information content (AvgIpc) is 2.52. The third kappa shape index (κ3) is 3.79. The van der Waals surface area contributed by atoms with Crippen LogP contribution in [0, 0.1) is 35.2 Å². The predicted octanol–water partition coefficient (Wildman–Crippen LogP) is 4.47. The molecule has 1 aromatic rings. The lowest BCUT2D eigenvalue weighted by Crippen LogP contribution is -2.26. The molecule has 1 fully saturated rings. The number of halogens is 3. The normalized spacial score (nSPS) is 24.0. The summed E-state index contributed by atoms with van der Waals surface area (Å²) in [6, 6.07) is 2.24. The van der Waals surface area contributed by atoms with Crippen LogP contribution < -0.4 is 0 Å². The summed E-state index contributed by atoms with van der Waals surface area (Å²) in [6.07, 6.45) is 5.76. The second-order valence-corrected chi connectivity index (χ2v) is 6.17. The fourth-order valence-corrected chi connectivity index (χ4v) is 3.45. The Balaban J connectivity index is 2.04. The van der Waals surface area contributed by atoms with Crippen LogP contribution >= 0.6 is 0 Å². The lowest BCUT2D eigenvalue weighted by atomic mass is 9.73. The van der Waals surface area contributed by atoms with Gasteiger partial charge >= 0.3 is 0 Å². The van der Waals surface area contributed by atoms with E-state index in [9.17, 15) is 18.3 Å². The molecule has 1 saturated carbocycles. The van der Waals surface area contributed by atoms with Crippen LogP contribution in [0.3, 0.4) is 0 Å². The molecule has 0 bridgehead atoms. The summed E-state index contributed by atoms with van der Waals surface area (Å²) in [4.78, 5) is 0. The topological polar surface area (TPSA) is 20.2 Å². The smallest absolute Gasteiger partial charge is 0.194 e. The maximum Gasteiger partial charge on any atom is 0.194 e. The van der Waals surface area contributed by atoms with E-state index in [2.05, 4.69) is 6.92 Å². The van der Waals surface area contributed by atoms with E-state index < -0.39 is 17.5 Å². The van der Waals surface area contributed by atoms with Crippen LogP contribution in [0.15, 0.2) is 12.1 Å². The van der Waals surface area contributed by atoms with Crippen LogP contribution in [-0.4, -0.2) is 11.7 Å². The molecule has 1 unspecified atom stereocenters.